The van der Waals surface area contributed by atoms with E-state index in [1.54, 1.807) is 29.5 Å². The highest BCUT2D eigenvalue weighted by molar-refractivity contribution is 8.27. The Hall–Kier alpha value is -3.30. The summed E-state index contributed by atoms with van der Waals surface area (Å²) in [5, 5.41) is 17.8. The molecule has 0 aliphatic carbocycles. The van der Waals surface area contributed by atoms with E-state index in [1.165, 1.54) is 33.8 Å². The molecule has 0 radical (unpaired) electrons. The molecule has 1 aromatic carbocycles. The van der Waals surface area contributed by atoms with Gasteiger partial charge in [-0.3, -0.25) is 10.2 Å². The number of hydrogen-bond acceptors (Lipinski definition) is 5. The van der Waals surface area contributed by atoms with Gasteiger partial charge in [0.2, 0.25) is 5.17 Å². The van der Waals surface area contributed by atoms with Crippen molar-refractivity contribution in [3.8, 4) is 5.69 Å². The molecule has 32 heavy (non-hydrogen) atoms. The molecule has 0 atom stereocenters. The number of carbonyl (C=O) groups excluding carboxylic acids is 1. The normalized spacial score (nSPS) is 17.1. The largest absolute Gasteiger partial charge is 0.318 e. The van der Waals surface area contributed by atoms with Gasteiger partial charge in [0.15, 0.2) is 5.84 Å². The highest BCUT2D eigenvalue weighted by atomic mass is 32.2. The van der Waals surface area contributed by atoms with Crippen molar-refractivity contribution >= 4 is 51.1 Å². The minimum Gasteiger partial charge on any atom is -0.318 e. The molecule has 4 heterocycles. The molecule has 0 spiro atoms. The smallest absolute Gasteiger partial charge is 0.283 e. The number of amides is 1. The lowest BCUT2D eigenvalue weighted by molar-refractivity contribution is -0.114. The molecular weight excluding hydrogens is 445 g/mol. The second-order valence-electron chi connectivity index (χ2n) is 7.41. The van der Waals surface area contributed by atoms with E-state index in [1.807, 2.05) is 42.0 Å². The zero-order chi connectivity index (χ0) is 22.4. The van der Waals surface area contributed by atoms with Crippen LogP contribution in [0.1, 0.15) is 21.8 Å². The molecule has 2 aliphatic heterocycles. The average Bonchev–Trinajstić information content (AvgIpc) is 3.47. The first-order chi connectivity index (χ1) is 15.4. The van der Waals surface area contributed by atoms with Crippen molar-refractivity contribution in [2.24, 2.45) is 10.1 Å². The Morgan fingerprint density at radius 2 is 1.97 bits per heavy atom. The maximum absolute atomic E-state index is 13.3. The third kappa shape index (κ3) is 3.63. The number of amidine groups is 2. The first-order valence-electron chi connectivity index (χ1n) is 9.87. The summed E-state index contributed by atoms with van der Waals surface area (Å²) in [6.07, 6.45) is 2.34. The Morgan fingerprint density at radius 3 is 2.69 bits per heavy atom. The lowest BCUT2D eigenvalue weighted by Crippen LogP contribution is -2.35. The van der Waals surface area contributed by atoms with Crippen LogP contribution in [0, 0.1) is 25.1 Å². The SMILES string of the molecule is Cc1cc(/C=C2/C(=N)N3N=C(Cc4cccs4)SC3=NC2=O)c(C)n1-c1ccc(F)cc1. The minimum atomic E-state index is -0.451. The fourth-order valence-corrected chi connectivity index (χ4v) is 5.45. The number of aromatic nitrogens is 1. The zero-order valence-electron chi connectivity index (χ0n) is 17.3. The summed E-state index contributed by atoms with van der Waals surface area (Å²) >= 11 is 2.97. The number of halogens is 1. The van der Waals surface area contributed by atoms with Gasteiger partial charge in [-0.1, -0.05) is 6.07 Å². The van der Waals surface area contributed by atoms with Crippen molar-refractivity contribution in [2.45, 2.75) is 20.3 Å². The Labute approximate surface area is 192 Å². The molecule has 1 amide bonds. The van der Waals surface area contributed by atoms with Gasteiger partial charge in [0.25, 0.3) is 5.91 Å². The van der Waals surface area contributed by atoms with Crippen LogP contribution >= 0.6 is 23.1 Å². The van der Waals surface area contributed by atoms with E-state index in [0.29, 0.717) is 11.6 Å². The molecular formula is C23H18FN5OS2. The van der Waals surface area contributed by atoms with Crippen LogP contribution in [0.4, 0.5) is 4.39 Å². The van der Waals surface area contributed by atoms with Crippen LogP contribution in [0.5, 0.6) is 0 Å². The standard InChI is InChI=1S/C23H18FN5OS2/c1-13-10-15(14(2)28(13)17-7-5-16(24)6-8-17)11-19-21(25)29-23(26-22(19)30)32-20(27-29)12-18-4-3-9-31-18/h3-11,25H,12H2,1-2H3/b19-11-,25-21?. The molecule has 0 saturated heterocycles. The number of carbonyl (C=O) groups is 1. The Balaban J connectivity index is 1.47. The molecule has 2 aromatic heterocycles. The topological polar surface area (TPSA) is 73.8 Å². The minimum absolute atomic E-state index is 0.0141. The zero-order valence-corrected chi connectivity index (χ0v) is 18.9. The molecule has 0 bridgehead atoms. The first-order valence-corrected chi connectivity index (χ1v) is 11.6. The molecule has 3 aromatic rings. The second-order valence-corrected chi connectivity index (χ2v) is 9.48. The van der Waals surface area contributed by atoms with Crippen molar-refractivity contribution in [1.82, 2.24) is 9.58 Å². The molecule has 0 saturated carbocycles. The maximum Gasteiger partial charge on any atom is 0.283 e. The lowest BCUT2D eigenvalue weighted by Gasteiger charge is -2.20. The van der Waals surface area contributed by atoms with Gasteiger partial charge in [0.1, 0.15) is 10.9 Å². The average molecular weight is 464 g/mol. The quantitative estimate of drug-likeness (QED) is 0.544. The van der Waals surface area contributed by atoms with E-state index in [0.717, 1.165) is 27.7 Å². The maximum atomic E-state index is 13.3. The molecule has 6 nitrogen and oxygen atoms in total. The summed E-state index contributed by atoms with van der Waals surface area (Å²) in [7, 11) is 0. The number of rotatable bonds is 4. The van der Waals surface area contributed by atoms with E-state index in [9.17, 15) is 9.18 Å². The third-order valence-electron chi connectivity index (χ3n) is 5.26. The number of fused-ring (bicyclic) bond motifs is 1. The number of nitrogens with zero attached hydrogens (tertiary/aromatic N) is 4. The summed E-state index contributed by atoms with van der Waals surface area (Å²) in [5.41, 5.74) is 3.64. The van der Waals surface area contributed by atoms with Crippen molar-refractivity contribution < 1.29 is 9.18 Å². The van der Waals surface area contributed by atoms with Gasteiger partial charge in [0, 0.05) is 28.4 Å². The molecule has 0 unspecified atom stereocenters. The number of aliphatic imine (C=N–C) groups is 1. The van der Waals surface area contributed by atoms with Crippen LogP contribution in [-0.4, -0.2) is 31.5 Å². The van der Waals surface area contributed by atoms with Gasteiger partial charge in [-0.25, -0.2) is 4.39 Å². The van der Waals surface area contributed by atoms with Crippen LogP contribution < -0.4 is 0 Å². The fourth-order valence-electron chi connectivity index (χ4n) is 3.74. The van der Waals surface area contributed by atoms with Gasteiger partial charge < -0.3 is 4.57 Å². The van der Waals surface area contributed by atoms with Gasteiger partial charge in [-0.2, -0.15) is 15.1 Å². The highest BCUT2D eigenvalue weighted by Gasteiger charge is 2.35. The van der Waals surface area contributed by atoms with Crippen molar-refractivity contribution in [3.63, 3.8) is 0 Å². The van der Waals surface area contributed by atoms with Crippen LogP contribution in [0.25, 0.3) is 11.8 Å². The highest BCUT2D eigenvalue weighted by Crippen LogP contribution is 2.31. The number of thioether (sulfide) groups is 1. The molecule has 1 N–H and O–H groups in total. The first kappa shape index (κ1) is 20.6. The Morgan fingerprint density at radius 1 is 1.19 bits per heavy atom. The van der Waals surface area contributed by atoms with E-state index < -0.39 is 5.91 Å². The van der Waals surface area contributed by atoms with Crippen molar-refractivity contribution in [1.29, 1.82) is 5.41 Å². The molecule has 9 heteroatoms. The summed E-state index contributed by atoms with van der Waals surface area (Å²) < 4.78 is 15.3. The van der Waals surface area contributed by atoms with Crippen LogP contribution in [0.15, 0.2) is 63.5 Å². The number of thiophene rings is 1. The number of nitrogens with one attached hydrogen (secondary N) is 1. The fraction of sp³-hybridized carbons (Fsp3) is 0.130. The number of hydrogen-bond donors (Lipinski definition) is 1. The molecule has 2 aliphatic rings. The predicted octanol–water partition coefficient (Wildman–Crippen LogP) is 5.16. The van der Waals surface area contributed by atoms with Gasteiger partial charge in [-0.05, 0) is 79.0 Å². The van der Waals surface area contributed by atoms with Gasteiger partial charge >= 0.3 is 0 Å². The Kier molecular flexibility index (Phi) is 5.15. The molecule has 0 fully saturated rings. The van der Waals surface area contributed by atoms with Gasteiger partial charge in [-0.15, -0.1) is 11.3 Å². The van der Waals surface area contributed by atoms with Gasteiger partial charge in [0.05, 0.1) is 5.57 Å². The van der Waals surface area contributed by atoms with Crippen molar-refractivity contribution in [2.75, 3.05) is 0 Å². The second kappa shape index (κ2) is 7.99. The predicted molar refractivity (Wildman–Crippen MR) is 128 cm³/mol. The van der Waals surface area contributed by atoms with E-state index >= 15 is 0 Å². The van der Waals surface area contributed by atoms with Crippen LogP contribution in [0.2, 0.25) is 0 Å². The van der Waals surface area contributed by atoms with Crippen LogP contribution in [-0.2, 0) is 11.2 Å². The van der Waals surface area contributed by atoms with Crippen molar-refractivity contribution in [3.05, 3.63) is 81.1 Å². The summed E-state index contributed by atoms with van der Waals surface area (Å²) in [5.74, 6) is -0.732. The lowest BCUT2D eigenvalue weighted by atomic mass is 10.1. The van der Waals surface area contributed by atoms with Crippen LogP contribution in [0.3, 0.4) is 0 Å². The monoisotopic (exact) mass is 463 g/mol. The number of benzene rings is 1. The summed E-state index contributed by atoms with van der Waals surface area (Å²) in [6, 6.07) is 12.2. The molecule has 160 valence electrons. The number of aryl methyl sites for hydroxylation is 1. The summed E-state index contributed by atoms with van der Waals surface area (Å²) in [6.45, 7) is 3.87. The van der Waals surface area contributed by atoms with E-state index in [-0.39, 0.29) is 17.2 Å². The summed E-state index contributed by atoms with van der Waals surface area (Å²) in [4.78, 5) is 18.1. The third-order valence-corrected chi connectivity index (χ3v) is 7.04. The Bertz CT molecular complexity index is 1330. The van der Waals surface area contributed by atoms with E-state index in [2.05, 4.69) is 10.1 Å². The van der Waals surface area contributed by atoms with E-state index in [4.69, 9.17) is 5.41 Å². The molecule has 5 rings (SSSR count). The number of hydrazone groups is 1.